The predicted octanol–water partition coefficient (Wildman–Crippen LogP) is 4.26. The SMILES string of the molecule is CC(=O)N(CCC(=O)NCCC(C)C)c1cc(C(F)(F)F)ccc1Cl. The minimum absolute atomic E-state index is 0.0171. The van der Waals surface area contributed by atoms with Gasteiger partial charge < -0.3 is 10.2 Å². The lowest BCUT2D eigenvalue weighted by atomic mass is 10.1. The van der Waals surface area contributed by atoms with Gasteiger partial charge >= 0.3 is 6.18 Å². The van der Waals surface area contributed by atoms with Crippen LogP contribution in [0.5, 0.6) is 0 Å². The highest BCUT2D eigenvalue weighted by atomic mass is 35.5. The van der Waals surface area contributed by atoms with E-state index in [-0.39, 0.29) is 29.6 Å². The van der Waals surface area contributed by atoms with Crippen LogP contribution >= 0.6 is 11.6 Å². The quantitative estimate of drug-likeness (QED) is 0.770. The van der Waals surface area contributed by atoms with Gasteiger partial charge in [-0.05, 0) is 30.5 Å². The van der Waals surface area contributed by atoms with Crippen molar-refractivity contribution in [3.8, 4) is 0 Å². The number of amides is 2. The largest absolute Gasteiger partial charge is 0.416 e. The van der Waals surface area contributed by atoms with Crippen molar-refractivity contribution in [1.82, 2.24) is 5.32 Å². The molecule has 0 radical (unpaired) electrons. The maximum Gasteiger partial charge on any atom is 0.416 e. The summed E-state index contributed by atoms with van der Waals surface area (Å²) in [4.78, 5) is 24.7. The Labute approximate surface area is 150 Å². The molecular formula is C17H22ClF3N2O2. The summed E-state index contributed by atoms with van der Waals surface area (Å²) < 4.78 is 38.6. The number of nitrogens with one attached hydrogen (secondary N) is 1. The highest BCUT2D eigenvalue weighted by Crippen LogP contribution is 2.35. The number of anilines is 1. The number of carbonyl (C=O) groups is 2. The van der Waals surface area contributed by atoms with E-state index in [1.807, 2.05) is 13.8 Å². The molecule has 0 aromatic heterocycles. The Balaban J connectivity index is 2.84. The average molecular weight is 379 g/mol. The van der Waals surface area contributed by atoms with Gasteiger partial charge in [-0.3, -0.25) is 9.59 Å². The number of hydrogen-bond acceptors (Lipinski definition) is 2. The zero-order chi connectivity index (χ0) is 19.2. The standard InChI is InChI=1S/C17H22ClF3N2O2/c1-11(2)6-8-22-16(25)7-9-23(12(3)24)15-10-13(17(19,20)21)4-5-14(15)18/h4-5,10-11H,6-9H2,1-3H3,(H,22,25). The van der Waals surface area contributed by atoms with Crippen molar-refractivity contribution in [2.75, 3.05) is 18.0 Å². The van der Waals surface area contributed by atoms with Gasteiger partial charge in [0.15, 0.2) is 0 Å². The normalized spacial score (nSPS) is 11.5. The van der Waals surface area contributed by atoms with Crippen molar-refractivity contribution < 1.29 is 22.8 Å². The van der Waals surface area contributed by atoms with E-state index < -0.39 is 17.6 Å². The van der Waals surface area contributed by atoms with Gasteiger partial charge in [-0.25, -0.2) is 0 Å². The molecule has 0 atom stereocenters. The van der Waals surface area contributed by atoms with Crippen LogP contribution in [0.2, 0.25) is 5.02 Å². The zero-order valence-corrected chi connectivity index (χ0v) is 15.2. The molecule has 0 bridgehead atoms. The third-order valence-corrected chi connectivity index (χ3v) is 3.87. The molecule has 0 spiro atoms. The number of benzene rings is 1. The third-order valence-electron chi connectivity index (χ3n) is 3.55. The van der Waals surface area contributed by atoms with E-state index >= 15 is 0 Å². The van der Waals surface area contributed by atoms with E-state index in [9.17, 15) is 22.8 Å². The highest BCUT2D eigenvalue weighted by molar-refractivity contribution is 6.33. The van der Waals surface area contributed by atoms with E-state index in [1.165, 1.54) is 6.92 Å². The van der Waals surface area contributed by atoms with Gasteiger partial charge in [0.2, 0.25) is 11.8 Å². The molecule has 0 aliphatic rings. The van der Waals surface area contributed by atoms with Crippen LogP contribution < -0.4 is 10.2 Å². The fourth-order valence-corrected chi connectivity index (χ4v) is 2.36. The first-order valence-electron chi connectivity index (χ1n) is 7.94. The topological polar surface area (TPSA) is 49.4 Å². The lowest BCUT2D eigenvalue weighted by molar-refractivity contribution is -0.137. The molecule has 0 saturated heterocycles. The van der Waals surface area contributed by atoms with E-state index in [0.29, 0.717) is 12.5 Å². The van der Waals surface area contributed by atoms with Crippen molar-refractivity contribution in [3.63, 3.8) is 0 Å². The zero-order valence-electron chi connectivity index (χ0n) is 14.4. The van der Waals surface area contributed by atoms with Gasteiger partial charge in [0.1, 0.15) is 0 Å². The molecule has 25 heavy (non-hydrogen) atoms. The Morgan fingerprint density at radius 2 is 1.92 bits per heavy atom. The Morgan fingerprint density at radius 3 is 2.44 bits per heavy atom. The Bertz CT molecular complexity index is 618. The van der Waals surface area contributed by atoms with E-state index in [2.05, 4.69) is 5.32 Å². The molecule has 2 amide bonds. The first-order valence-corrected chi connectivity index (χ1v) is 8.31. The summed E-state index contributed by atoms with van der Waals surface area (Å²) >= 11 is 5.96. The van der Waals surface area contributed by atoms with Crippen LogP contribution in [0, 0.1) is 5.92 Å². The van der Waals surface area contributed by atoms with Crippen molar-refractivity contribution in [2.45, 2.75) is 39.8 Å². The van der Waals surface area contributed by atoms with Crippen LogP contribution in [0.3, 0.4) is 0 Å². The maximum atomic E-state index is 12.9. The molecule has 8 heteroatoms. The monoisotopic (exact) mass is 378 g/mol. The fraction of sp³-hybridized carbons (Fsp3) is 0.529. The van der Waals surface area contributed by atoms with Gasteiger partial charge in [0.25, 0.3) is 0 Å². The molecule has 4 nitrogen and oxygen atoms in total. The fourth-order valence-electron chi connectivity index (χ4n) is 2.15. The lowest BCUT2D eigenvalue weighted by Gasteiger charge is -2.23. The predicted molar refractivity (Wildman–Crippen MR) is 91.6 cm³/mol. The van der Waals surface area contributed by atoms with Gasteiger partial charge in [-0.2, -0.15) is 13.2 Å². The molecular weight excluding hydrogens is 357 g/mol. The van der Waals surface area contributed by atoms with Crippen LogP contribution in [-0.2, 0) is 15.8 Å². The summed E-state index contributed by atoms with van der Waals surface area (Å²) in [6.45, 7) is 5.73. The first-order chi connectivity index (χ1) is 11.5. The summed E-state index contributed by atoms with van der Waals surface area (Å²) in [5.74, 6) is -0.316. The average Bonchev–Trinajstić information content (AvgIpc) is 2.47. The van der Waals surface area contributed by atoms with E-state index in [0.717, 1.165) is 29.5 Å². The van der Waals surface area contributed by atoms with Crippen molar-refractivity contribution in [3.05, 3.63) is 28.8 Å². The van der Waals surface area contributed by atoms with Gasteiger partial charge in [-0.15, -0.1) is 0 Å². The van der Waals surface area contributed by atoms with Crippen molar-refractivity contribution in [1.29, 1.82) is 0 Å². The summed E-state index contributed by atoms with van der Waals surface area (Å²) in [5, 5.41) is 2.74. The van der Waals surface area contributed by atoms with E-state index in [4.69, 9.17) is 11.6 Å². The minimum Gasteiger partial charge on any atom is -0.356 e. The van der Waals surface area contributed by atoms with Crippen LogP contribution in [-0.4, -0.2) is 24.9 Å². The molecule has 0 saturated carbocycles. The summed E-state index contributed by atoms with van der Waals surface area (Å²) in [6.07, 6.45) is -3.75. The second-order valence-electron chi connectivity index (χ2n) is 6.12. The second-order valence-corrected chi connectivity index (χ2v) is 6.52. The summed E-state index contributed by atoms with van der Waals surface area (Å²) in [5.41, 5.74) is -0.960. The van der Waals surface area contributed by atoms with Gasteiger partial charge in [0.05, 0.1) is 16.3 Å². The molecule has 0 aliphatic heterocycles. The Hall–Kier alpha value is -1.76. The van der Waals surface area contributed by atoms with Gasteiger partial charge in [0, 0.05) is 26.4 Å². The van der Waals surface area contributed by atoms with Crippen LogP contribution in [0.1, 0.15) is 39.2 Å². The van der Waals surface area contributed by atoms with E-state index in [1.54, 1.807) is 0 Å². The molecule has 140 valence electrons. The molecule has 0 fully saturated rings. The first kappa shape index (κ1) is 21.3. The molecule has 1 aromatic carbocycles. The molecule has 0 heterocycles. The number of carbonyl (C=O) groups excluding carboxylic acids is 2. The number of halogens is 4. The molecule has 1 N–H and O–H groups in total. The van der Waals surface area contributed by atoms with Crippen LogP contribution in [0.15, 0.2) is 18.2 Å². The number of alkyl halides is 3. The van der Waals surface area contributed by atoms with Gasteiger partial charge in [-0.1, -0.05) is 25.4 Å². The number of nitrogens with zero attached hydrogens (tertiary/aromatic N) is 1. The lowest BCUT2D eigenvalue weighted by Crippen LogP contribution is -2.34. The van der Waals surface area contributed by atoms with Crippen molar-refractivity contribution >= 4 is 29.1 Å². The second kappa shape index (κ2) is 9.08. The summed E-state index contributed by atoms with van der Waals surface area (Å²) in [6, 6.07) is 2.77. The number of hydrogen-bond donors (Lipinski definition) is 1. The van der Waals surface area contributed by atoms with Crippen LogP contribution in [0.4, 0.5) is 18.9 Å². The Morgan fingerprint density at radius 1 is 1.28 bits per heavy atom. The highest BCUT2D eigenvalue weighted by Gasteiger charge is 2.32. The van der Waals surface area contributed by atoms with Crippen LogP contribution in [0.25, 0.3) is 0 Å². The summed E-state index contributed by atoms with van der Waals surface area (Å²) in [7, 11) is 0. The molecule has 1 aromatic rings. The Kier molecular flexibility index (Phi) is 7.73. The molecule has 0 aliphatic carbocycles. The van der Waals surface area contributed by atoms with Crippen molar-refractivity contribution in [2.24, 2.45) is 5.92 Å². The number of rotatable bonds is 7. The molecule has 0 unspecified atom stereocenters. The molecule has 1 rings (SSSR count). The smallest absolute Gasteiger partial charge is 0.356 e. The minimum atomic E-state index is -4.55. The maximum absolute atomic E-state index is 12.9. The third kappa shape index (κ3) is 6.94.